The third-order valence-corrected chi connectivity index (χ3v) is 4.96. The third kappa shape index (κ3) is 1.56. The first-order valence-corrected chi connectivity index (χ1v) is 6.61. The minimum atomic E-state index is -0.0723. The highest BCUT2D eigenvalue weighted by Gasteiger charge is 2.45. The number of likely N-dealkylation sites (tertiary alicyclic amines) is 1. The van der Waals surface area contributed by atoms with Gasteiger partial charge in [0.15, 0.2) is 0 Å². The lowest BCUT2D eigenvalue weighted by Crippen LogP contribution is -2.37. The van der Waals surface area contributed by atoms with Crippen LogP contribution in [0.15, 0.2) is 0 Å². The summed E-state index contributed by atoms with van der Waals surface area (Å²) in [6.45, 7) is 2.17. The van der Waals surface area contributed by atoms with Gasteiger partial charge in [-0.15, -0.1) is 0 Å². The fourth-order valence-electron chi connectivity index (χ4n) is 4.07. The first kappa shape index (κ1) is 10.6. The zero-order chi connectivity index (χ0) is 11.1. The van der Waals surface area contributed by atoms with E-state index in [1.54, 1.807) is 0 Å². The Bertz CT molecular complexity index is 312. The van der Waals surface area contributed by atoms with E-state index in [9.17, 15) is 5.11 Å². The minimum absolute atomic E-state index is 0.0723. The smallest absolute Gasteiger partial charge is 0.0672 e. The molecule has 2 aliphatic carbocycles. The van der Waals surface area contributed by atoms with Crippen LogP contribution in [-0.4, -0.2) is 35.2 Å². The van der Waals surface area contributed by atoms with Crippen LogP contribution < -0.4 is 0 Å². The lowest BCUT2D eigenvalue weighted by atomic mass is 10.00. The molecule has 5 atom stereocenters. The van der Waals surface area contributed by atoms with Crippen molar-refractivity contribution in [1.82, 2.24) is 4.90 Å². The van der Waals surface area contributed by atoms with E-state index < -0.39 is 0 Å². The van der Waals surface area contributed by atoms with Crippen molar-refractivity contribution < 1.29 is 5.11 Å². The van der Waals surface area contributed by atoms with Gasteiger partial charge in [0.05, 0.1) is 18.1 Å². The van der Waals surface area contributed by atoms with Crippen LogP contribution in [0.25, 0.3) is 0 Å². The fraction of sp³-hybridized carbons (Fsp3) is 0.923. The van der Waals surface area contributed by atoms with E-state index in [0.29, 0.717) is 17.9 Å². The molecule has 3 aliphatic rings. The summed E-state index contributed by atoms with van der Waals surface area (Å²) >= 11 is 0. The van der Waals surface area contributed by atoms with Crippen molar-refractivity contribution in [1.29, 1.82) is 5.26 Å². The van der Waals surface area contributed by atoms with Gasteiger partial charge in [0, 0.05) is 25.0 Å². The van der Waals surface area contributed by atoms with Crippen molar-refractivity contribution >= 4 is 0 Å². The van der Waals surface area contributed by atoms with Crippen molar-refractivity contribution in [2.45, 2.75) is 44.2 Å². The number of nitriles is 1. The Kier molecular flexibility index (Phi) is 2.65. The van der Waals surface area contributed by atoms with E-state index in [-0.39, 0.29) is 12.0 Å². The predicted octanol–water partition coefficient (Wildman–Crippen LogP) is 1.38. The summed E-state index contributed by atoms with van der Waals surface area (Å²) in [4.78, 5) is 2.50. The van der Waals surface area contributed by atoms with Gasteiger partial charge in [-0.1, -0.05) is 6.42 Å². The van der Waals surface area contributed by atoms with Gasteiger partial charge in [-0.3, -0.25) is 4.90 Å². The monoisotopic (exact) mass is 220 g/mol. The van der Waals surface area contributed by atoms with Crippen molar-refractivity contribution in [3.05, 3.63) is 0 Å². The summed E-state index contributed by atoms with van der Waals surface area (Å²) in [6.07, 6.45) is 5.58. The lowest BCUT2D eigenvalue weighted by molar-refractivity contribution is 0.115. The topological polar surface area (TPSA) is 47.3 Å². The maximum absolute atomic E-state index is 9.89. The number of hydrogen-bond acceptors (Lipinski definition) is 3. The molecule has 3 heteroatoms. The van der Waals surface area contributed by atoms with E-state index in [1.807, 2.05) is 0 Å². The molecule has 0 aromatic heterocycles. The van der Waals surface area contributed by atoms with Crippen LogP contribution >= 0.6 is 0 Å². The van der Waals surface area contributed by atoms with Crippen LogP contribution in [-0.2, 0) is 0 Å². The lowest BCUT2D eigenvalue weighted by Gasteiger charge is -2.27. The first-order valence-electron chi connectivity index (χ1n) is 6.61. The average molecular weight is 220 g/mol. The Morgan fingerprint density at radius 2 is 2.00 bits per heavy atom. The molecule has 2 saturated carbocycles. The molecule has 0 spiro atoms. The Morgan fingerprint density at radius 1 is 1.12 bits per heavy atom. The van der Waals surface area contributed by atoms with Gasteiger partial charge in [-0.25, -0.2) is 0 Å². The quantitative estimate of drug-likeness (QED) is 0.726. The van der Waals surface area contributed by atoms with Gasteiger partial charge in [0.2, 0.25) is 0 Å². The van der Waals surface area contributed by atoms with Crippen LogP contribution in [0.5, 0.6) is 0 Å². The molecule has 0 aromatic carbocycles. The maximum Gasteiger partial charge on any atom is 0.0672 e. The summed E-state index contributed by atoms with van der Waals surface area (Å²) in [6, 6.07) is 2.95. The molecule has 0 amide bonds. The van der Waals surface area contributed by atoms with E-state index in [0.717, 1.165) is 25.9 Å². The molecular weight excluding hydrogens is 200 g/mol. The summed E-state index contributed by atoms with van der Waals surface area (Å²) in [5.74, 6) is 1.45. The van der Waals surface area contributed by atoms with Crippen LogP contribution in [0.1, 0.15) is 32.1 Å². The van der Waals surface area contributed by atoms with Crippen LogP contribution in [0, 0.1) is 29.1 Å². The molecule has 1 N–H and O–H groups in total. The van der Waals surface area contributed by atoms with E-state index in [2.05, 4.69) is 11.0 Å². The summed E-state index contributed by atoms with van der Waals surface area (Å²) in [7, 11) is 0. The molecule has 0 aromatic rings. The van der Waals surface area contributed by atoms with Gasteiger partial charge in [-0.05, 0) is 31.6 Å². The minimum Gasteiger partial charge on any atom is -0.393 e. The van der Waals surface area contributed by atoms with Crippen molar-refractivity contribution in [3.63, 3.8) is 0 Å². The van der Waals surface area contributed by atoms with E-state index in [1.165, 1.54) is 19.3 Å². The second-order valence-corrected chi connectivity index (χ2v) is 5.76. The van der Waals surface area contributed by atoms with Gasteiger partial charge >= 0.3 is 0 Å². The highest BCUT2D eigenvalue weighted by Crippen LogP contribution is 2.41. The molecule has 3 rings (SSSR count). The normalized spacial score (nSPS) is 48.1. The standard InChI is InChI=1S/C13H20N2O/c14-6-9-2-1-3-12(9)15-7-10-4-5-13(16)11(10)8-15/h9-13,16H,1-5,7-8H2. The molecular formula is C13H20N2O. The zero-order valence-electron chi connectivity index (χ0n) is 9.68. The van der Waals surface area contributed by atoms with Crippen molar-refractivity contribution in [3.8, 4) is 6.07 Å². The summed E-state index contributed by atoms with van der Waals surface area (Å²) < 4.78 is 0. The van der Waals surface area contributed by atoms with Gasteiger partial charge in [0.25, 0.3) is 0 Å². The number of aliphatic hydroxyl groups is 1. The highest BCUT2D eigenvalue weighted by atomic mass is 16.3. The third-order valence-electron chi connectivity index (χ3n) is 4.96. The van der Waals surface area contributed by atoms with Gasteiger partial charge in [0.1, 0.15) is 0 Å². The van der Waals surface area contributed by atoms with Gasteiger partial charge in [-0.2, -0.15) is 5.26 Å². The van der Waals surface area contributed by atoms with Crippen molar-refractivity contribution in [2.75, 3.05) is 13.1 Å². The molecule has 1 heterocycles. The molecule has 88 valence electrons. The fourth-order valence-corrected chi connectivity index (χ4v) is 4.07. The predicted molar refractivity (Wildman–Crippen MR) is 60.5 cm³/mol. The molecule has 1 aliphatic heterocycles. The van der Waals surface area contributed by atoms with Crippen LogP contribution in [0.2, 0.25) is 0 Å². The van der Waals surface area contributed by atoms with E-state index >= 15 is 0 Å². The Balaban J connectivity index is 1.68. The summed E-state index contributed by atoms with van der Waals surface area (Å²) in [5, 5.41) is 19.0. The number of aliphatic hydroxyl groups excluding tert-OH is 1. The van der Waals surface area contributed by atoms with E-state index in [4.69, 9.17) is 5.26 Å². The number of nitrogens with zero attached hydrogens (tertiary/aromatic N) is 2. The molecule has 16 heavy (non-hydrogen) atoms. The zero-order valence-corrected chi connectivity index (χ0v) is 9.68. The Hall–Kier alpha value is -0.590. The maximum atomic E-state index is 9.89. The average Bonchev–Trinajstić information content (AvgIpc) is 2.95. The van der Waals surface area contributed by atoms with Crippen LogP contribution in [0.4, 0.5) is 0 Å². The largest absolute Gasteiger partial charge is 0.393 e. The second kappa shape index (κ2) is 4.01. The Morgan fingerprint density at radius 3 is 2.75 bits per heavy atom. The second-order valence-electron chi connectivity index (χ2n) is 5.76. The van der Waals surface area contributed by atoms with Gasteiger partial charge < -0.3 is 5.11 Å². The molecule has 3 fully saturated rings. The molecule has 5 unspecified atom stereocenters. The Labute approximate surface area is 97.0 Å². The molecule has 0 radical (unpaired) electrons. The first-order chi connectivity index (χ1) is 7.79. The summed E-state index contributed by atoms with van der Waals surface area (Å²) in [5.41, 5.74) is 0. The van der Waals surface area contributed by atoms with Crippen LogP contribution in [0.3, 0.4) is 0 Å². The molecule has 1 saturated heterocycles. The number of hydrogen-bond donors (Lipinski definition) is 1. The number of fused-ring (bicyclic) bond motifs is 1. The number of rotatable bonds is 1. The highest BCUT2D eigenvalue weighted by molar-refractivity contribution is 5.02. The molecule has 0 bridgehead atoms. The molecule has 3 nitrogen and oxygen atoms in total. The SMILES string of the molecule is N#CC1CCCC1N1CC2CCC(O)C2C1. The van der Waals surface area contributed by atoms with Crippen molar-refractivity contribution in [2.24, 2.45) is 17.8 Å².